The highest BCUT2D eigenvalue weighted by Gasteiger charge is 2.25. The fourth-order valence-corrected chi connectivity index (χ4v) is 3.89. The highest BCUT2D eigenvalue weighted by molar-refractivity contribution is 9.10. The number of aliphatic hydroxyl groups is 1. The van der Waals surface area contributed by atoms with Crippen LogP contribution in [0.3, 0.4) is 0 Å². The van der Waals surface area contributed by atoms with Gasteiger partial charge in [0.25, 0.3) is 0 Å². The van der Waals surface area contributed by atoms with Gasteiger partial charge in [-0.3, -0.25) is 0 Å². The molecule has 0 heterocycles. The van der Waals surface area contributed by atoms with Gasteiger partial charge in [0.2, 0.25) is 10.0 Å². The van der Waals surface area contributed by atoms with Crippen LogP contribution in [-0.2, 0) is 26.1 Å². The number of sulfonamides is 1. The molecule has 152 valence electrons. The van der Waals surface area contributed by atoms with Gasteiger partial charge < -0.3 is 9.84 Å². The molecule has 0 saturated heterocycles. The van der Waals surface area contributed by atoms with Gasteiger partial charge in [0, 0.05) is 22.1 Å². The Hall–Kier alpha value is -2.74. The summed E-state index contributed by atoms with van der Waals surface area (Å²) in [6.45, 7) is 1.15. The molecule has 0 saturated carbocycles. The lowest BCUT2D eigenvalue weighted by atomic mass is 10.1. The molecule has 0 atom stereocenters. The van der Waals surface area contributed by atoms with Crippen LogP contribution in [-0.4, -0.2) is 26.1 Å². The zero-order valence-corrected chi connectivity index (χ0v) is 17.5. The molecule has 0 bridgehead atoms. The van der Waals surface area contributed by atoms with E-state index >= 15 is 0 Å². The van der Waals surface area contributed by atoms with Crippen LogP contribution in [0.15, 0.2) is 57.4 Å². The second kappa shape index (κ2) is 9.65. The highest BCUT2D eigenvalue weighted by atomic mass is 79.9. The molecule has 0 aromatic heterocycles. The van der Waals surface area contributed by atoms with Gasteiger partial charge in [-0.05, 0) is 31.2 Å². The SMILES string of the molecule is CCOC(=O)/C(C#N)=C(\O)c1ccccc1S(=O)(=O)NCc1ccc(Br)cc1F. The Balaban J connectivity index is 2.42. The van der Waals surface area contributed by atoms with E-state index in [9.17, 15) is 28.0 Å². The summed E-state index contributed by atoms with van der Waals surface area (Å²) in [5, 5.41) is 19.6. The first-order chi connectivity index (χ1) is 13.7. The lowest BCUT2D eigenvalue weighted by Crippen LogP contribution is -2.25. The molecule has 2 aromatic rings. The quantitative estimate of drug-likeness (QED) is 0.270. The van der Waals surface area contributed by atoms with E-state index in [4.69, 9.17) is 4.74 Å². The predicted octanol–water partition coefficient (Wildman–Crippen LogP) is 3.42. The largest absolute Gasteiger partial charge is 0.506 e. The van der Waals surface area contributed by atoms with Crippen LogP contribution in [0.5, 0.6) is 0 Å². The Morgan fingerprint density at radius 3 is 2.62 bits per heavy atom. The molecule has 0 fully saturated rings. The van der Waals surface area contributed by atoms with Crippen LogP contribution in [0.2, 0.25) is 0 Å². The van der Waals surface area contributed by atoms with E-state index in [2.05, 4.69) is 20.7 Å². The maximum atomic E-state index is 13.9. The van der Waals surface area contributed by atoms with Gasteiger partial charge in [-0.25, -0.2) is 22.3 Å². The van der Waals surface area contributed by atoms with Crippen molar-refractivity contribution in [3.63, 3.8) is 0 Å². The van der Waals surface area contributed by atoms with Gasteiger partial charge in [-0.15, -0.1) is 0 Å². The first-order valence-electron chi connectivity index (χ1n) is 8.24. The number of nitriles is 1. The third kappa shape index (κ3) is 5.41. The van der Waals surface area contributed by atoms with E-state index in [0.717, 1.165) is 0 Å². The molecule has 0 aliphatic rings. The van der Waals surface area contributed by atoms with Crippen LogP contribution < -0.4 is 4.72 Å². The van der Waals surface area contributed by atoms with E-state index in [-0.39, 0.29) is 29.2 Å². The Kier molecular flexibility index (Phi) is 7.50. The summed E-state index contributed by atoms with van der Waals surface area (Å²) in [6, 6.07) is 11.0. The van der Waals surface area contributed by atoms with Crippen molar-refractivity contribution in [3.05, 3.63) is 69.5 Å². The van der Waals surface area contributed by atoms with Gasteiger partial charge in [0.1, 0.15) is 17.6 Å². The first-order valence-corrected chi connectivity index (χ1v) is 10.5. The summed E-state index contributed by atoms with van der Waals surface area (Å²) in [7, 11) is -4.22. The average Bonchev–Trinajstić information content (AvgIpc) is 2.68. The molecule has 29 heavy (non-hydrogen) atoms. The molecule has 0 radical (unpaired) electrons. The molecule has 0 spiro atoms. The smallest absolute Gasteiger partial charge is 0.352 e. The minimum atomic E-state index is -4.22. The van der Waals surface area contributed by atoms with Crippen molar-refractivity contribution in [3.8, 4) is 6.07 Å². The van der Waals surface area contributed by atoms with Crippen LogP contribution >= 0.6 is 15.9 Å². The lowest BCUT2D eigenvalue weighted by Gasteiger charge is -2.12. The molecule has 0 unspecified atom stereocenters. The van der Waals surface area contributed by atoms with E-state index in [1.807, 2.05) is 0 Å². The number of hydrogen-bond donors (Lipinski definition) is 2. The van der Waals surface area contributed by atoms with E-state index < -0.39 is 33.1 Å². The summed E-state index contributed by atoms with van der Waals surface area (Å²) in [5.41, 5.74) is -0.882. The Labute approximate surface area is 175 Å². The lowest BCUT2D eigenvalue weighted by molar-refractivity contribution is -0.138. The minimum absolute atomic E-state index is 0.0302. The van der Waals surface area contributed by atoms with Gasteiger partial charge in [0.05, 0.1) is 11.5 Å². The summed E-state index contributed by atoms with van der Waals surface area (Å²) < 4.78 is 46.9. The molecular weight excluding hydrogens is 467 g/mol. The van der Waals surface area contributed by atoms with Crippen LogP contribution in [0.4, 0.5) is 4.39 Å². The van der Waals surface area contributed by atoms with E-state index in [0.29, 0.717) is 4.47 Å². The Morgan fingerprint density at radius 2 is 2.00 bits per heavy atom. The predicted molar refractivity (Wildman–Crippen MR) is 106 cm³/mol. The van der Waals surface area contributed by atoms with Crippen LogP contribution in [0, 0.1) is 17.1 Å². The Bertz CT molecular complexity index is 1110. The number of ether oxygens (including phenoxy) is 1. The summed E-state index contributed by atoms with van der Waals surface area (Å²) in [4.78, 5) is 11.5. The number of aliphatic hydroxyl groups excluding tert-OH is 1. The molecule has 7 nitrogen and oxygen atoms in total. The third-order valence-electron chi connectivity index (χ3n) is 3.73. The molecule has 0 aliphatic heterocycles. The van der Waals surface area contributed by atoms with Crippen molar-refractivity contribution < 1.29 is 27.4 Å². The van der Waals surface area contributed by atoms with E-state index in [1.165, 1.54) is 49.4 Å². The van der Waals surface area contributed by atoms with Crippen molar-refractivity contribution in [2.45, 2.75) is 18.4 Å². The molecule has 2 aromatic carbocycles. The molecule has 10 heteroatoms. The number of halogens is 2. The van der Waals surface area contributed by atoms with Gasteiger partial charge in [-0.2, -0.15) is 5.26 Å². The monoisotopic (exact) mass is 482 g/mol. The Morgan fingerprint density at radius 1 is 1.31 bits per heavy atom. The summed E-state index contributed by atoms with van der Waals surface area (Å²) in [6.07, 6.45) is 0. The number of carbonyl (C=O) groups is 1. The van der Waals surface area contributed by atoms with Crippen LogP contribution in [0.25, 0.3) is 5.76 Å². The zero-order chi connectivity index (χ0) is 21.6. The zero-order valence-electron chi connectivity index (χ0n) is 15.1. The summed E-state index contributed by atoms with van der Waals surface area (Å²) >= 11 is 3.12. The number of carbonyl (C=O) groups excluding carboxylic acids is 1. The highest BCUT2D eigenvalue weighted by Crippen LogP contribution is 2.25. The molecule has 0 amide bonds. The minimum Gasteiger partial charge on any atom is -0.506 e. The number of benzene rings is 2. The average molecular weight is 483 g/mol. The molecular formula is C19H16BrFN2O5S. The maximum Gasteiger partial charge on any atom is 0.352 e. The fourth-order valence-electron chi connectivity index (χ4n) is 2.35. The van der Waals surface area contributed by atoms with Crippen molar-refractivity contribution in [2.75, 3.05) is 6.61 Å². The standard InChI is InChI=1S/C19H16BrFN2O5S/c1-2-28-19(25)15(10-22)18(24)14-5-3-4-6-17(14)29(26,27)23-11-12-7-8-13(20)9-16(12)21/h3-9,23-24H,2,11H2,1H3/b18-15-. The topological polar surface area (TPSA) is 116 Å². The van der Waals surface area contributed by atoms with Crippen molar-refractivity contribution in [1.82, 2.24) is 4.72 Å². The van der Waals surface area contributed by atoms with Crippen molar-refractivity contribution in [2.24, 2.45) is 0 Å². The maximum absolute atomic E-state index is 13.9. The third-order valence-corrected chi connectivity index (χ3v) is 5.68. The second-order valence-electron chi connectivity index (χ2n) is 5.61. The van der Waals surface area contributed by atoms with Crippen molar-refractivity contribution in [1.29, 1.82) is 5.26 Å². The normalized spacial score (nSPS) is 12.1. The number of esters is 1. The number of nitrogens with one attached hydrogen (secondary N) is 1. The summed E-state index contributed by atoms with van der Waals surface area (Å²) in [5.74, 6) is -2.52. The van der Waals surface area contributed by atoms with Gasteiger partial charge >= 0.3 is 5.97 Å². The van der Waals surface area contributed by atoms with Gasteiger partial charge in [0.15, 0.2) is 5.57 Å². The van der Waals surface area contributed by atoms with Crippen LogP contribution in [0.1, 0.15) is 18.1 Å². The van der Waals surface area contributed by atoms with Gasteiger partial charge in [-0.1, -0.05) is 34.1 Å². The number of nitrogens with zero attached hydrogens (tertiary/aromatic N) is 1. The van der Waals surface area contributed by atoms with Crippen molar-refractivity contribution >= 4 is 37.7 Å². The van der Waals surface area contributed by atoms with E-state index in [1.54, 1.807) is 6.07 Å². The fraction of sp³-hybridized carbons (Fsp3) is 0.158. The first kappa shape index (κ1) is 22.5. The number of hydrogen-bond acceptors (Lipinski definition) is 6. The molecule has 2 N–H and O–H groups in total. The second-order valence-corrected chi connectivity index (χ2v) is 8.26. The molecule has 2 rings (SSSR count). The number of rotatable bonds is 7. The molecule has 0 aliphatic carbocycles.